The van der Waals surface area contributed by atoms with E-state index in [-0.39, 0.29) is 11.9 Å². The average Bonchev–Trinajstić information content (AvgIpc) is 2.97. The molecule has 1 aromatic heterocycles. The molecule has 1 heterocycles. The number of nitrogens with zero attached hydrogens (tertiary/aromatic N) is 2. The minimum Gasteiger partial charge on any atom is -0.494 e. The lowest BCUT2D eigenvalue weighted by Crippen LogP contribution is -2.18. The predicted molar refractivity (Wildman–Crippen MR) is 93.7 cm³/mol. The molecule has 1 N–H and O–H groups in total. The first-order valence-electron chi connectivity index (χ1n) is 8.24. The van der Waals surface area contributed by atoms with E-state index in [4.69, 9.17) is 9.47 Å². The highest BCUT2D eigenvalue weighted by Crippen LogP contribution is 2.30. The number of rotatable bonds is 8. The maximum Gasteiger partial charge on any atom is 0.226 e. The molecule has 1 aromatic carbocycles. The molecule has 130 valence electrons. The molecular formula is C18H25N3O3. The largest absolute Gasteiger partial charge is 0.494 e. The summed E-state index contributed by atoms with van der Waals surface area (Å²) < 4.78 is 12.9. The Labute approximate surface area is 142 Å². The first kappa shape index (κ1) is 17.8. The summed E-state index contributed by atoms with van der Waals surface area (Å²) in [6.07, 6.45) is 2.21. The topological polar surface area (TPSA) is 65.4 Å². The minimum atomic E-state index is -0.0924. The molecule has 6 nitrogen and oxygen atoms in total. The van der Waals surface area contributed by atoms with Crippen molar-refractivity contribution in [3.05, 3.63) is 36.2 Å². The quantitative estimate of drug-likeness (QED) is 0.803. The van der Waals surface area contributed by atoms with E-state index >= 15 is 0 Å². The number of ether oxygens (including phenoxy) is 2. The highest BCUT2D eigenvalue weighted by molar-refractivity contribution is 5.92. The second-order valence-corrected chi connectivity index (χ2v) is 5.56. The van der Waals surface area contributed by atoms with E-state index < -0.39 is 0 Å². The molecule has 0 spiro atoms. The molecule has 6 heteroatoms. The summed E-state index contributed by atoms with van der Waals surface area (Å²) >= 11 is 0. The summed E-state index contributed by atoms with van der Waals surface area (Å²) in [5.41, 5.74) is 1.56. The summed E-state index contributed by atoms with van der Waals surface area (Å²) in [6.45, 7) is 8.81. The SMILES string of the molecule is CCOc1ccc(OCC)c(NC(=O)CC(C)n2ccc(C)n2)c1. The summed E-state index contributed by atoms with van der Waals surface area (Å²) in [5.74, 6) is 1.24. The lowest BCUT2D eigenvalue weighted by molar-refractivity contribution is -0.116. The molecule has 0 fully saturated rings. The Morgan fingerprint density at radius 1 is 1.25 bits per heavy atom. The molecule has 24 heavy (non-hydrogen) atoms. The van der Waals surface area contributed by atoms with Crippen molar-refractivity contribution < 1.29 is 14.3 Å². The lowest BCUT2D eigenvalue weighted by Gasteiger charge is -2.15. The predicted octanol–water partition coefficient (Wildman–Crippen LogP) is 3.58. The van der Waals surface area contributed by atoms with Crippen molar-refractivity contribution >= 4 is 11.6 Å². The van der Waals surface area contributed by atoms with Gasteiger partial charge in [-0.05, 0) is 45.9 Å². The minimum absolute atomic E-state index is 0.0238. The van der Waals surface area contributed by atoms with Gasteiger partial charge in [0.25, 0.3) is 0 Å². The van der Waals surface area contributed by atoms with Gasteiger partial charge < -0.3 is 14.8 Å². The van der Waals surface area contributed by atoms with Gasteiger partial charge in [0, 0.05) is 18.7 Å². The van der Waals surface area contributed by atoms with Crippen LogP contribution in [0.25, 0.3) is 0 Å². The normalized spacial score (nSPS) is 11.8. The average molecular weight is 331 g/mol. The van der Waals surface area contributed by atoms with Crippen molar-refractivity contribution in [1.82, 2.24) is 9.78 Å². The van der Waals surface area contributed by atoms with Gasteiger partial charge in [0.15, 0.2) is 0 Å². The van der Waals surface area contributed by atoms with E-state index in [1.165, 1.54) is 0 Å². The standard InChI is InChI=1S/C18H25N3O3/c1-5-23-15-7-8-17(24-6-2)16(12-15)19-18(22)11-14(4)21-10-9-13(3)20-21/h7-10,12,14H,5-6,11H2,1-4H3,(H,19,22). The van der Waals surface area contributed by atoms with Crippen LogP contribution < -0.4 is 14.8 Å². The Kier molecular flexibility index (Phi) is 6.23. The monoisotopic (exact) mass is 331 g/mol. The molecule has 0 bridgehead atoms. The number of amides is 1. The third-order valence-electron chi connectivity index (χ3n) is 3.51. The molecule has 2 rings (SSSR count). The van der Waals surface area contributed by atoms with E-state index in [1.807, 2.05) is 52.1 Å². The van der Waals surface area contributed by atoms with Crippen LogP contribution in [0, 0.1) is 6.92 Å². The Hall–Kier alpha value is -2.50. The second-order valence-electron chi connectivity index (χ2n) is 5.56. The van der Waals surface area contributed by atoms with Gasteiger partial charge in [-0.15, -0.1) is 0 Å². The maximum absolute atomic E-state index is 12.4. The zero-order valence-electron chi connectivity index (χ0n) is 14.7. The number of aromatic nitrogens is 2. The molecule has 0 radical (unpaired) electrons. The van der Waals surface area contributed by atoms with Crippen molar-refractivity contribution in [3.63, 3.8) is 0 Å². The van der Waals surface area contributed by atoms with Crippen LogP contribution >= 0.6 is 0 Å². The van der Waals surface area contributed by atoms with Gasteiger partial charge >= 0.3 is 0 Å². The van der Waals surface area contributed by atoms with Crippen molar-refractivity contribution in [2.75, 3.05) is 18.5 Å². The number of hydrogen-bond donors (Lipinski definition) is 1. The van der Waals surface area contributed by atoms with Crippen LogP contribution in [0.3, 0.4) is 0 Å². The zero-order chi connectivity index (χ0) is 17.5. The van der Waals surface area contributed by atoms with Gasteiger partial charge in [0.2, 0.25) is 5.91 Å². The molecule has 1 unspecified atom stereocenters. The Morgan fingerprint density at radius 3 is 2.62 bits per heavy atom. The van der Waals surface area contributed by atoms with E-state index in [0.29, 0.717) is 36.8 Å². The molecule has 2 aromatic rings. The van der Waals surface area contributed by atoms with Crippen LogP contribution in [0.4, 0.5) is 5.69 Å². The third-order valence-corrected chi connectivity index (χ3v) is 3.51. The van der Waals surface area contributed by atoms with Gasteiger partial charge in [-0.3, -0.25) is 9.48 Å². The molecule has 0 aliphatic carbocycles. The van der Waals surface area contributed by atoms with Crippen molar-refractivity contribution in [2.45, 2.75) is 40.2 Å². The summed E-state index contributed by atoms with van der Waals surface area (Å²) in [7, 11) is 0. The molecule has 0 aliphatic heterocycles. The summed E-state index contributed by atoms with van der Waals surface area (Å²) in [6, 6.07) is 7.33. The van der Waals surface area contributed by atoms with E-state index in [9.17, 15) is 4.79 Å². The summed E-state index contributed by atoms with van der Waals surface area (Å²) in [5, 5.41) is 7.26. The third kappa shape index (κ3) is 4.75. The Morgan fingerprint density at radius 2 is 2.00 bits per heavy atom. The fourth-order valence-corrected chi connectivity index (χ4v) is 2.39. The molecule has 0 aliphatic rings. The van der Waals surface area contributed by atoms with E-state index in [0.717, 1.165) is 5.69 Å². The fraction of sp³-hybridized carbons (Fsp3) is 0.444. The first-order chi connectivity index (χ1) is 11.5. The zero-order valence-corrected chi connectivity index (χ0v) is 14.7. The molecular weight excluding hydrogens is 306 g/mol. The molecule has 1 amide bonds. The van der Waals surface area contributed by atoms with Gasteiger partial charge in [-0.1, -0.05) is 0 Å². The van der Waals surface area contributed by atoms with Gasteiger partial charge in [0.05, 0.1) is 30.6 Å². The molecule has 1 atom stereocenters. The molecule has 0 saturated carbocycles. The maximum atomic E-state index is 12.4. The number of carbonyl (C=O) groups is 1. The van der Waals surface area contributed by atoms with Crippen molar-refractivity contribution in [1.29, 1.82) is 0 Å². The van der Waals surface area contributed by atoms with Crippen molar-refractivity contribution in [3.8, 4) is 11.5 Å². The van der Waals surface area contributed by atoms with Gasteiger partial charge in [-0.25, -0.2) is 0 Å². The number of carbonyl (C=O) groups excluding carboxylic acids is 1. The van der Waals surface area contributed by atoms with Crippen LogP contribution in [0.15, 0.2) is 30.5 Å². The number of hydrogen-bond acceptors (Lipinski definition) is 4. The van der Waals surface area contributed by atoms with Gasteiger partial charge in [-0.2, -0.15) is 5.10 Å². The highest BCUT2D eigenvalue weighted by Gasteiger charge is 2.14. The number of aryl methyl sites for hydroxylation is 1. The van der Waals surface area contributed by atoms with Crippen molar-refractivity contribution in [2.24, 2.45) is 0 Å². The van der Waals surface area contributed by atoms with E-state index in [2.05, 4.69) is 10.4 Å². The number of nitrogens with one attached hydrogen (secondary N) is 1. The van der Waals surface area contributed by atoms with Crippen LogP contribution in [0.1, 0.15) is 38.9 Å². The second kappa shape index (κ2) is 8.38. The number of anilines is 1. The van der Waals surface area contributed by atoms with Crippen LogP contribution in [-0.4, -0.2) is 28.9 Å². The first-order valence-corrected chi connectivity index (χ1v) is 8.24. The Bertz CT molecular complexity index is 682. The lowest BCUT2D eigenvalue weighted by atomic mass is 10.2. The Balaban J connectivity index is 2.07. The smallest absolute Gasteiger partial charge is 0.226 e. The highest BCUT2D eigenvalue weighted by atomic mass is 16.5. The van der Waals surface area contributed by atoms with Crippen LogP contribution in [0.5, 0.6) is 11.5 Å². The van der Waals surface area contributed by atoms with Crippen LogP contribution in [-0.2, 0) is 4.79 Å². The summed E-state index contributed by atoms with van der Waals surface area (Å²) in [4.78, 5) is 12.4. The van der Waals surface area contributed by atoms with E-state index in [1.54, 1.807) is 10.7 Å². The molecule has 0 saturated heterocycles. The van der Waals surface area contributed by atoms with Crippen LogP contribution in [0.2, 0.25) is 0 Å². The van der Waals surface area contributed by atoms with Gasteiger partial charge in [0.1, 0.15) is 11.5 Å². The fourth-order valence-electron chi connectivity index (χ4n) is 2.39. The number of benzene rings is 1.